The van der Waals surface area contributed by atoms with Crippen LogP contribution in [0.5, 0.6) is 0 Å². The standard InChI is InChI=1S/C22H26N4O/c1-15-7-11-26(12-8-15)22(27)17-3-4-20(16(2)13-17)25-14-18-5-9-23-21-19(18)6-10-24-21/h3-6,9-10,13,15,25H,7-8,11-12,14H2,1-2H3,(H,23,24). The second-order valence-corrected chi connectivity index (χ2v) is 7.57. The van der Waals surface area contributed by atoms with Gasteiger partial charge < -0.3 is 15.2 Å². The molecule has 2 aromatic heterocycles. The topological polar surface area (TPSA) is 61.0 Å². The van der Waals surface area contributed by atoms with Gasteiger partial charge in [0, 0.05) is 48.7 Å². The Morgan fingerprint density at radius 1 is 1.26 bits per heavy atom. The van der Waals surface area contributed by atoms with Gasteiger partial charge >= 0.3 is 0 Å². The molecule has 1 aliphatic rings. The number of H-pyrrole nitrogens is 1. The lowest BCUT2D eigenvalue weighted by Crippen LogP contribution is -2.37. The molecule has 2 N–H and O–H groups in total. The Bertz CT molecular complexity index is 954. The molecule has 0 aliphatic carbocycles. The summed E-state index contributed by atoms with van der Waals surface area (Å²) in [6, 6.07) is 10.0. The van der Waals surface area contributed by atoms with Crippen molar-refractivity contribution in [1.82, 2.24) is 14.9 Å². The lowest BCUT2D eigenvalue weighted by atomic mass is 9.98. The highest BCUT2D eigenvalue weighted by atomic mass is 16.2. The summed E-state index contributed by atoms with van der Waals surface area (Å²) in [5.41, 5.74) is 5.03. The van der Waals surface area contributed by atoms with Gasteiger partial charge in [0.15, 0.2) is 0 Å². The zero-order chi connectivity index (χ0) is 18.8. The van der Waals surface area contributed by atoms with Crippen molar-refractivity contribution in [3.8, 4) is 0 Å². The Kier molecular flexibility index (Phi) is 4.84. The summed E-state index contributed by atoms with van der Waals surface area (Å²) in [6.45, 7) is 6.77. The van der Waals surface area contributed by atoms with E-state index in [1.807, 2.05) is 47.6 Å². The number of likely N-dealkylation sites (tertiary alicyclic amines) is 1. The highest BCUT2D eigenvalue weighted by Crippen LogP contribution is 2.23. The molecule has 27 heavy (non-hydrogen) atoms. The van der Waals surface area contributed by atoms with Crippen LogP contribution in [-0.2, 0) is 6.54 Å². The van der Waals surface area contributed by atoms with E-state index in [0.717, 1.165) is 66.2 Å². The molecule has 0 spiro atoms. The lowest BCUT2D eigenvalue weighted by Gasteiger charge is -2.30. The number of carbonyl (C=O) groups excluding carboxylic acids is 1. The van der Waals surface area contributed by atoms with Gasteiger partial charge in [0.2, 0.25) is 0 Å². The Morgan fingerprint density at radius 3 is 2.85 bits per heavy atom. The van der Waals surface area contributed by atoms with Crippen molar-refractivity contribution in [3.05, 3.63) is 59.4 Å². The van der Waals surface area contributed by atoms with Crippen LogP contribution in [-0.4, -0.2) is 33.9 Å². The first-order valence-electron chi connectivity index (χ1n) is 9.66. The van der Waals surface area contributed by atoms with Gasteiger partial charge in [-0.25, -0.2) is 4.98 Å². The van der Waals surface area contributed by atoms with E-state index < -0.39 is 0 Å². The molecule has 0 unspecified atom stereocenters. The van der Waals surface area contributed by atoms with Crippen molar-refractivity contribution in [2.75, 3.05) is 18.4 Å². The molecule has 1 saturated heterocycles. The molecule has 1 aromatic carbocycles. The molecule has 4 rings (SSSR count). The Balaban J connectivity index is 1.45. The lowest BCUT2D eigenvalue weighted by molar-refractivity contribution is 0.0697. The fourth-order valence-electron chi connectivity index (χ4n) is 3.75. The summed E-state index contributed by atoms with van der Waals surface area (Å²) in [5.74, 6) is 0.877. The second kappa shape index (κ2) is 7.43. The first-order valence-corrected chi connectivity index (χ1v) is 9.66. The van der Waals surface area contributed by atoms with Crippen LogP contribution in [0.2, 0.25) is 0 Å². The van der Waals surface area contributed by atoms with Crippen LogP contribution >= 0.6 is 0 Å². The first kappa shape index (κ1) is 17.6. The fraction of sp³-hybridized carbons (Fsp3) is 0.364. The van der Waals surface area contributed by atoms with Crippen LogP contribution in [0.1, 0.15) is 41.3 Å². The van der Waals surface area contributed by atoms with Crippen LogP contribution in [0.15, 0.2) is 42.7 Å². The molecular weight excluding hydrogens is 336 g/mol. The van der Waals surface area contributed by atoms with Crippen LogP contribution in [0.25, 0.3) is 11.0 Å². The molecule has 5 heteroatoms. The molecule has 5 nitrogen and oxygen atoms in total. The smallest absolute Gasteiger partial charge is 0.253 e. The number of nitrogens with zero attached hydrogens (tertiary/aromatic N) is 2. The number of fused-ring (bicyclic) bond motifs is 1. The van der Waals surface area contributed by atoms with E-state index in [9.17, 15) is 4.79 Å². The van der Waals surface area contributed by atoms with Crippen LogP contribution < -0.4 is 5.32 Å². The second-order valence-electron chi connectivity index (χ2n) is 7.57. The number of pyridine rings is 1. The van der Waals surface area contributed by atoms with Crippen LogP contribution in [0.4, 0.5) is 5.69 Å². The van der Waals surface area contributed by atoms with E-state index in [1.165, 1.54) is 5.56 Å². The van der Waals surface area contributed by atoms with Gasteiger partial charge in [0.25, 0.3) is 5.91 Å². The minimum atomic E-state index is 0.153. The van der Waals surface area contributed by atoms with Gasteiger partial charge in [-0.1, -0.05) is 6.92 Å². The molecule has 3 heterocycles. The quantitative estimate of drug-likeness (QED) is 0.725. The van der Waals surface area contributed by atoms with E-state index in [1.54, 1.807) is 0 Å². The summed E-state index contributed by atoms with van der Waals surface area (Å²) in [5, 5.41) is 4.63. The molecular formula is C22H26N4O. The monoisotopic (exact) mass is 362 g/mol. The summed E-state index contributed by atoms with van der Waals surface area (Å²) < 4.78 is 0. The maximum atomic E-state index is 12.8. The number of aryl methyl sites for hydroxylation is 1. The molecule has 1 fully saturated rings. The Hall–Kier alpha value is -2.82. The highest BCUT2D eigenvalue weighted by molar-refractivity contribution is 5.95. The zero-order valence-corrected chi connectivity index (χ0v) is 16.0. The van der Waals surface area contributed by atoms with Gasteiger partial charge in [-0.15, -0.1) is 0 Å². The van der Waals surface area contributed by atoms with Crippen molar-refractivity contribution < 1.29 is 4.79 Å². The Labute approximate surface area is 159 Å². The van der Waals surface area contributed by atoms with Crippen LogP contribution in [0, 0.1) is 12.8 Å². The number of hydrogen-bond acceptors (Lipinski definition) is 3. The molecule has 1 aliphatic heterocycles. The van der Waals surface area contributed by atoms with Crippen LogP contribution in [0.3, 0.4) is 0 Å². The van der Waals surface area contributed by atoms with Crippen molar-refractivity contribution in [3.63, 3.8) is 0 Å². The summed E-state index contributed by atoms with van der Waals surface area (Å²) in [6.07, 6.45) is 5.94. The van der Waals surface area contributed by atoms with Gasteiger partial charge in [-0.05, 0) is 67.1 Å². The first-order chi connectivity index (χ1) is 13.1. The number of anilines is 1. The van der Waals surface area contributed by atoms with Crippen molar-refractivity contribution in [2.45, 2.75) is 33.2 Å². The third-order valence-electron chi connectivity index (χ3n) is 5.56. The number of rotatable bonds is 4. The number of piperidine rings is 1. The predicted octanol–water partition coefficient (Wildman–Crippen LogP) is 4.36. The zero-order valence-electron chi connectivity index (χ0n) is 16.0. The van der Waals surface area contributed by atoms with E-state index in [0.29, 0.717) is 0 Å². The largest absolute Gasteiger partial charge is 0.381 e. The van der Waals surface area contributed by atoms with E-state index in [4.69, 9.17) is 0 Å². The summed E-state index contributed by atoms with van der Waals surface area (Å²) in [7, 11) is 0. The molecule has 0 bridgehead atoms. The molecule has 0 saturated carbocycles. The number of hydrogen-bond donors (Lipinski definition) is 2. The SMILES string of the molecule is Cc1cc(C(=O)N2CCC(C)CC2)ccc1NCc1ccnc2[nH]ccc12. The summed E-state index contributed by atoms with van der Waals surface area (Å²) >= 11 is 0. The van der Waals surface area contributed by atoms with Gasteiger partial charge in [0.1, 0.15) is 5.65 Å². The number of carbonyl (C=O) groups is 1. The van der Waals surface area contributed by atoms with Crippen molar-refractivity contribution in [2.24, 2.45) is 5.92 Å². The average Bonchev–Trinajstić information content (AvgIpc) is 3.16. The normalized spacial score (nSPS) is 15.3. The minimum absolute atomic E-state index is 0.153. The minimum Gasteiger partial charge on any atom is -0.381 e. The van der Waals surface area contributed by atoms with E-state index >= 15 is 0 Å². The van der Waals surface area contributed by atoms with E-state index in [-0.39, 0.29) is 5.91 Å². The molecule has 0 radical (unpaired) electrons. The number of benzene rings is 1. The van der Waals surface area contributed by atoms with Gasteiger partial charge in [-0.2, -0.15) is 0 Å². The van der Waals surface area contributed by atoms with Gasteiger partial charge in [0.05, 0.1) is 0 Å². The fourth-order valence-corrected chi connectivity index (χ4v) is 3.75. The Morgan fingerprint density at radius 2 is 2.07 bits per heavy atom. The molecule has 0 atom stereocenters. The third kappa shape index (κ3) is 3.68. The predicted molar refractivity (Wildman–Crippen MR) is 109 cm³/mol. The molecule has 1 amide bonds. The van der Waals surface area contributed by atoms with Gasteiger partial charge in [-0.3, -0.25) is 4.79 Å². The highest BCUT2D eigenvalue weighted by Gasteiger charge is 2.21. The summed E-state index contributed by atoms with van der Waals surface area (Å²) in [4.78, 5) is 22.2. The molecule has 140 valence electrons. The average molecular weight is 362 g/mol. The maximum Gasteiger partial charge on any atom is 0.253 e. The molecule has 3 aromatic rings. The number of nitrogens with one attached hydrogen (secondary N) is 2. The van der Waals surface area contributed by atoms with Crippen molar-refractivity contribution in [1.29, 1.82) is 0 Å². The number of aromatic nitrogens is 2. The van der Waals surface area contributed by atoms with Crippen molar-refractivity contribution >= 4 is 22.6 Å². The maximum absolute atomic E-state index is 12.8. The number of aromatic amines is 1. The third-order valence-corrected chi connectivity index (χ3v) is 5.56. The van der Waals surface area contributed by atoms with E-state index in [2.05, 4.69) is 29.1 Å². The number of amides is 1.